The van der Waals surface area contributed by atoms with E-state index in [4.69, 9.17) is 9.47 Å². The Kier molecular flexibility index (Phi) is 6.82. The molecule has 0 bridgehead atoms. The van der Waals surface area contributed by atoms with Crippen LogP contribution >= 0.6 is 0 Å². The van der Waals surface area contributed by atoms with Gasteiger partial charge in [-0.25, -0.2) is 0 Å². The first-order chi connectivity index (χ1) is 12.8. The minimum atomic E-state index is -1.02. The smallest absolute Gasteiger partial charge is 0.304 e. The predicted octanol–water partition coefficient (Wildman–Crippen LogP) is 3.59. The molecule has 0 aliphatic rings. The van der Waals surface area contributed by atoms with Gasteiger partial charge in [0.05, 0.1) is 26.6 Å². The van der Waals surface area contributed by atoms with Gasteiger partial charge in [0, 0.05) is 0 Å². The number of carboxylic acid groups (broad SMARTS) is 1. The Labute approximate surface area is 159 Å². The number of aliphatic carboxylic acids is 1. The number of nitrogens with one attached hydrogen (secondary N) is 1. The number of hydrogen-bond acceptors (Lipinski definition) is 4. The lowest BCUT2D eigenvalue weighted by molar-refractivity contribution is -0.140. The fourth-order valence-electron chi connectivity index (χ4n) is 3.14. The van der Waals surface area contributed by atoms with Crippen molar-refractivity contribution in [2.24, 2.45) is 5.92 Å². The average Bonchev–Trinajstić information content (AvgIpc) is 2.60. The Hall–Kier alpha value is -3.02. The maximum Gasteiger partial charge on any atom is 0.304 e. The topological polar surface area (TPSA) is 84.9 Å². The van der Waals surface area contributed by atoms with Gasteiger partial charge in [-0.2, -0.15) is 0 Å². The SMILES string of the molecule is COc1cccc(OC)c1NC(=O)C(CC(=O)O)Cc1cc(C)cc(C)c1. The number of aryl methyl sites for hydroxylation is 2. The summed E-state index contributed by atoms with van der Waals surface area (Å²) in [4.78, 5) is 24.2. The Balaban J connectivity index is 2.29. The summed E-state index contributed by atoms with van der Waals surface area (Å²) < 4.78 is 10.6. The van der Waals surface area contributed by atoms with Gasteiger partial charge < -0.3 is 19.9 Å². The van der Waals surface area contributed by atoms with Gasteiger partial charge in [-0.1, -0.05) is 35.4 Å². The molecule has 2 rings (SSSR count). The number of benzene rings is 2. The van der Waals surface area contributed by atoms with Gasteiger partial charge in [0.2, 0.25) is 5.91 Å². The molecule has 0 heterocycles. The predicted molar refractivity (Wildman–Crippen MR) is 104 cm³/mol. The van der Waals surface area contributed by atoms with E-state index in [-0.39, 0.29) is 12.3 Å². The maximum absolute atomic E-state index is 12.9. The molecular formula is C21H25NO5. The van der Waals surface area contributed by atoms with Crippen molar-refractivity contribution in [3.63, 3.8) is 0 Å². The molecule has 27 heavy (non-hydrogen) atoms. The number of para-hydroxylation sites is 1. The van der Waals surface area contributed by atoms with Crippen molar-refractivity contribution in [1.29, 1.82) is 0 Å². The van der Waals surface area contributed by atoms with Crippen LogP contribution in [0.25, 0.3) is 0 Å². The highest BCUT2D eigenvalue weighted by Crippen LogP contribution is 2.34. The zero-order chi connectivity index (χ0) is 20.0. The second-order valence-electron chi connectivity index (χ2n) is 6.52. The molecular weight excluding hydrogens is 346 g/mol. The van der Waals surface area contributed by atoms with E-state index in [1.165, 1.54) is 14.2 Å². The fourth-order valence-corrected chi connectivity index (χ4v) is 3.14. The van der Waals surface area contributed by atoms with E-state index in [0.717, 1.165) is 16.7 Å². The van der Waals surface area contributed by atoms with Crippen molar-refractivity contribution < 1.29 is 24.2 Å². The Morgan fingerprint density at radius 2 is 1.59 bits per heavy atom. The van der Waals surface area contributed by atoms with E-state index in [1.807, 2.05) is 32.0 Å². The van der Waals surface area contributed by atoms with E-state index >= 15 is 0 Å². The number of rotatable bonds is 8. The third kappa shape index (κ3) is 5.48. The first-order valence-electron chi connectivity index (χ1n) is 8.64. The van der Waals surface area contributed by atoms with Crippen molar-refractivity contribution in [2.45, 2.75) is 26.7 Å². The van der Waals surface area contributed by atoms with E-state index in [2.05, 4.69) is 5.32 Å². The summed E-state index contributed by atoms with van der Waals surface area (Å²) in [5.74, 6) is -1.24. The Morgan fingerprint density at radius 3 is 2.07 bits per heavy atom. The summed E-state index contributed by atoms with van der Waals surface area (Å²) in [6.45, 7) is 3.95. The minimum absolute atomic E-state index is 0.268. The van der Waals surface area contributed by atoms with Crippen molar-refractivity contribution in [1.82, 2.24) is 0 Å². The molecule has 0 saturated heterocycles. The van der Waals surface area contributed by atoms with E-state index in [0.29, 0.717) is 23.6 Å². The zero-order valence-corrected chi connectivity index (χ0v) is 16.0. The van der Waals surface area contributed by atoms with Crippen LogP contribution in [0.2, 0.25) is 0 Å². The van der Waals surface area contributed by atoms with Crippen molar-refractivity contribution in [3.8, 4) is 11.5 Å². The molecule has 1 amide bonds. The molecule has 0 aliphatic heterocycles. The van der Waals surface area contributed by atoms with E-state index in [9.17, 15) is 14.7 Å². The second-order valence-corrected chi connectivity index (χ2v) is 6.52. The first-order valence-corrected chi connectivity index (χ1v) is 8.64. The van der Waals surface area contributed by atoms with E-state index < -0.39 is 11.9 Å². The molecule has 0 aromatic heterocycles. The minimum Gasteiger partial charge on any atom is -0.494 e. The van der Waals surface area contributed by atoms with Crippen molar-refractivity contribution >= 4 is 17.6 Å². The van der Waals surface area contributed by atoms with Crippen LogP contribution in [0.1, 0.15) is 23.1 Å². The lowest BCUT2D eigenvalue weighted by Crippen LogP contribution is -2.27. The molecule has 0 fully saturated rings. The zero-order valence-electron chi connectivity index (χ0n) is 16.0. The molecule has 2 aromatic carbocycles. The number of methoxy groups -OCH3 is 2. The van der Waals surface area contributed by atoms with Gasteiger partial charge in [0.1, 0.15) is 17.2 Å². The molecule has 2 N–H and O–H groups in total. The van der Waals surface area contributed by atoms with Crippen LogP contribution in [-0.4, -0.2) is 31.2 Å². The van der Waals surface area contributed by atoms with Gasteiger partial charge in [-0.15, -0.1) is 0 Å². The van der Waals surface area contributed by atoms with Crippen LogP contribution in [0, 0.1) is 19.8 Å². The van der Waals surface area contributed by atoms with Crippen LogP contribution in [0.4, 0.5) is 5.69 Å². The monoisotopic (exact) mass is 371 g/mol. The van der Waals surface area contributed by atoms with Gasteiger partial charge in [0.15, 0.2) is 0 Å². The molecule has 6 nitrogen and oxygen atoms in total. The molecule has 2 aromatic rings. The van der Waals surface area contributed by atoms with Gasteiger partial charge in [0.25, 0.3) is 0 Å². The number of carbonyl (C=O) groups is 2. The molecule has 6 heteroatoms. The van der Waals surface area contributed by atoms with Gasteiger partial charge in [-0.05, 0) is 38.0 Å². The number of anilines is 1. The molecule has 144 valence electrons. The third-order valence-corrected chi connectivity index (χ3v) is 4.23. The lowest BCUT2D eigenvalue weighted by atomic mass is 9.93. The number of carboxylic acids is 1. The van der Waals surface area contributed by atoms with Crippen LogP contribution in [0.3, 0.4) is 0 Å². The highest BCUT2D eigenvalue weighted by molar-refractivity contribution is 5.97. The highest BCUT2D eigenvalue weighted by Gasteiger charge is 2.24. The first kappa shape index (κ1) is 20.3. The molecule has 1 unspecified atom stereocenters. The summed E-state index contributed by atoms with van der Waals surface area (Å²) in [7, 11) is 2.99. The Bertz CT molecular complexity index is 789. The maximum atomic E-state index is 12.9. The molecule has 0 saturated carbocycles. The van der Waals surface area contributed by atoms with Crippen molar-refractivity contribution in [2.75, 3.05) is 19.5 Å². The number of hydrogen-bond donors (Lipinski definition) is 2. The standard InChI is InChI=1S/C21H25NO5/c1-13-8-14(2)10-15(9-13)11-16(12-19(23)24)21(25)22-20-17(26-3)6-5-7-18(20)27-4/h5-10,16H,11-12H2,1-4H3,(H,22,25)(H,23,24). The number of carbonyl (C=O) groups excluding carboxylic acids is 1. The summed E-state index contributed by atoms with van der Waals surface area (Å²) in [6.07, 6.45) is 0.0639. The van der Waals surface area contributed by atoms with E-state index in [1.54, 1.807) is 18.2 Å². The largest absolute Gasteiger partial charge is 0.494 e. The summed E-state index contributed by atoms with van der Waals surface area (Å²) >= 11 is 0. The molecule has 0 spiro atoms. The fraction of sp³-hybridized carbons (Fsp3) is 0.333. The summed E-state index contributed by atoms with van der Waals surface area (Å²) in [6, 6.07) is 11.1. The Morgan fingerprint density at radius 1 is 1.04 bits per heavy atom. The molecule has 1 atom stereocenters. The molecule has 0 radical (unpaired) electrons. The van der Waals surface area contributed by atoms with Crippen LogP contribution in [0.15, 0.2) is 36.4 Å². The highest BCUT2D eigenvalue weighted by atomic mass is 16.5. The van der Waals surface area contributed by atoms with Gasteiger partial charge >= 0.3 is 5.97 Å². The summed E-state index contributed by atoms with van der Waals surface area (Å²) in [5, 5.41) is 12.0. The quantitative estimate of drug-likeness (QED) is 0.741. The molecule has 0 aliphatic carbocycles. The lowest BCUT2D eigenvalue weighted by Gasteiger charge is -2.19. The third-order valence-electron chi connectivity index (χ3n) is 4.23. The summed E-state index contributed by atoms with van der Waals surface area (Å²) in [5.41, 5.74) is 3.47. The average molecular weight is 371 g/mol. The number of ether oxygens (including phenoxy) is 2. The second kappa shape index (κ2) is 9.07. The number of amides is 1. The normalized spacial score (nSPS) is 11.6. The van der Waals surface area contributed by atoms with Crippen LogP contribution in [-0.2, 0) is 16.0 Å². The van der Waals surface area contributed by atoms with Gasteiger partial charge in [-0.3, -0.25) is 9.59 Å². The van der Waals surface area contributed by atoms with Crippen LogP contribution in [0.5, 0.6) is 11.5 Å². The van der Waals surface area contributed by atoms with Crippen molar-refractivity contribution in [3.05, 3.63) is 53.1 Å². The van der Waals surface area contributed by atoms with Crippen LogP contribution < -0.4 is 14.8 Å².